The van der Waals surface area contributed by atoms with Gasteiger partial charge in [0.05, 0.1) is 6.07 Å². The van der Waals surface area contributed by atoms with Gasteiger partial charge in [-0.05, 0) is 34.4 Å². The standard InChI is InChI=1S/C7H14N2.C4H8O/c1-5-7(2,6-8)9(3)4;1-3-4(2)5/h5H2,1-4H3;3H2,1-2H3. The summed E-state index contributed by atoms with van der Waals surface area (Å²) in [5, 5.41) is 8.66. The van der Waals surface area contributed by atoms with E-state index in [9.17, 15) is 4.79 Å². The number of hydrogen-bond acceptors (Lipinski definition) is 3. The first-order valence-electron chi connectivity index (χ1n) is 4.92. The predicted octanol–water partition coefficient (Wildman–Crippen LogP) is 2.23. The molecular weight excluding hydrogens is 176 g/mol. The SMILES string of the molecule is CCC(C)(C#N)N(C)C.CCC(C)=O. The van der Waals surface area contributed by atoms with Gasteiger partial charge >= 0.3 is 0 Å². The Morgan fingerprint density at radius 1 is 1.43 bits per heavy atom. The molecule has 1 unspecified atom stereocenters. The van der Waals surface area contributed by atoms with Crippen molar-refractivity contribution in [3.8, 4) is 6.07 Å². The molecule has 0 spiro atoms. The summed E-state index contributed by atoms with van der Waals surface area (Å²) in [5.74, 6) is 0.255. The molecule has 0 bridgehead atoms. The number of nitriles is 1. The highest BCUT2D eigenvalue weighted by Gasteiger charge is 2.22. The molecule has 0 saturated carbocycles. The third-order valence-corrected chi connectivity index (χ3v) is 2.41. The van der Waals surface area contributed by atoms with E-state index in [4.69, 9.17) is 5.26 Å². The fourth-order valence-corrected chi connectivity index (χ4v) is 0.495. The van der Waals surface area contributed by atoms with Gasteiger partial charge in [0.15, 0.2) is 0 Å². The number of carbonyl (C=O) groups excluding carboxylic acids is 1. The highest BCUT2D eigenvalue weighted by molar-refractivity contribution is 5.74. The van der Waals surface area contributed by atoms with Crippen molar-refractivity contribution < 1.29 is 4.79 Å². The third kappa shape index (κ3) is 6.62. The molecule has 0 amide bonds. The Hall–Kier alpha value is -0.880. The van der Waals surface area contributed by atoms with Gasteiger partial charge in [-0.15, -0.1) is 0 Å². The maximum atomic E-state index is 9.81. The van der Waals surface area contributed by atoms with Crippen LogP contribution in [0.5, 0.6) is 0 Å². The molecule has 0 aliphatic heterocycles. The zero-order valence-electron chi connectivity index (χ0n) is 10.2. The fraction of sp³-hybridized carbons (Fsp3) is 0.818. The first-order valence-corrected chi connectivity index (χ1v) is 4.92. The van der Waals surface area contributed by atoms with E-state index < -0.39 is 0 Å². The van der Waals surface area contributed by atoms with Gasteiger partial charge in [0, 0.05) is 6.42 Å². The lowest BCUT2D eigenvalue weighted by Gasteiger charge is -2.27. The Balaban J connectivity index is 0. The van der Waals surface area contributed by atoms with Crippen molar-refractivity contribution >= 4 is 5.78 Å². The second-order valence-electron chi connectivity index (χ2n) is 3.69. The van der Waals surface area contributed by atoms with E-state index in [0.29, 0.717) is 6.42 Å². The van der Waals surface area contributed by atoms with Crippen LogP contribution in [0.3, 0.4) is 0 Å². The minimum Gasteiger partial charge on any atom is -0.300 e. The van der Waals surface area contributed by atoms with Gasteiger partial charge in [-0.2, -0.15) is 5.26 Å². The lowest BCUT2D eigenvalue weighted by Crippen LogP contribution is -2.38. The van der Waals surface area contributed by atoms with Crippen molar-refractivity contribution in [3.63, 3.8) is 0 Å². The molecule has 0 fully saturated rings. The molecule has 0 N–H and O–H groups in total. The van der Waals surface area contributed by atoms with Gasteiger partial charge in [0.25, 0.3) is 0 Å². The second kappa shape index (κ2) is 7.52. The van der Waals surface area contributed by atoms with Crippen molar-refractivity contribution in [1.82, 2.24) is 4.90 Å². The molecule has 0 radical (unpaired) electrons. The molecule has 3 nitrogen and oxygen atoms in total. The quantitative estimate of drug-likeness (QED) is 0.698. The van der Waals surface area contributed by atoms with Crippen molar-refractivity contribution in [1.29, 1.82) is 5.26 Å². The van der Waals surface area contributed by atoms with Crippen molar-refractivity contribution in [2.45, 2.75) is 46.1 Å². The number of rotatable bonds is 3. The molecule has 0 rings (SSSR count). The molecule has 1 atom stereocenters. The summed E-state index contributed by atoms with van der Waals surface area (Å²) < 4.78 is 0. The van der Waals surface area contributed by atoms with Crippen molar-refractivity contribution in [2.75, 3.05) is 14.1 Å². The van der Waals surface area contributed by atoms with Gasteiger partial charge in [-0.25, -0.2) is 0 Å². The molecular formula is C11H22N2O. The zero-order chi connectivity index (χ0) is 11.8. The lowest BCUT2D eigenvalue weighted by molar-refractivity contribution is -0.116. The number of Topliss-reactive ketones (excluding diaryl/α,β-unsaturated/α-hetero) is 1. The van der Waals surface area contributed by atoms with E-state index in [1.807, 2.05) is 39.8 Å². The first-order chi connectivity index (χ1) is 6.33. The summed E-state index contributed by atoms with van der Waals surface area (Å²) >= 11 is 0. The van der Waals surface area contributed by atoms with Crippen LogP contribution in [-0.2, 0) is 4.79 Å². The molecule has 0 saturated heterocycles. The number of carbonyl (C=O) groups is 1. The average Bonchev–Trinajstić information content (AvgIpc) is 2.17. The topological polar surface area (TPSA) is 44.1 Å². The van der Waals surface area contributed by atoms with E-state index in [-0.39, 0.29) is 11.3 Å². The normalized spacial score (nSPS) is 13.6. The Kier molecular flexibility index (Phi) is 8.37. The number of hydrogen-bond donors (Lipinski definition) is 0. The monoisotopic (exact) mass is 198 g/mol. The van der Waals surface area contributed by atoms with Crippen LogP contribution >= 0.6 is 0 Å². The van der Waals surface area contributed by atoms with Crippen LogP contribution in [0.1, 0.15) is 40.5 Å². The van der Waals surface area contributed by atoms with Crippen LogP contribution in [0.4, 0.5) is 0 Å². The minimum atomic E-state index is -0.278. The van der Waals surface area contributed by atoms with E-state index >= 15 is 0 Å². The lowest BCUT2D eigenvalue weighted by atomic mass is 10.0. The largest absolute Gasteiger partial charge is 0.300 e. The molecule has 0 aliphatic rings. The van der Waals surface area contributed by atoms with Gasteiger partial charge in [0.1, 0.15) is 11.3 Å². The Morgan fingerprint density at radius 3 is 1.79 bits per heavy atom. The van der Waals surface area contributed by atoms with Crippen LogP contribution in [0, 0.1) is 11.3 Å². The maximum absolute atomic E-state index is 9.81. The minimum absolute atomic E-state index is 0.255. The summed E-state index contributed by atoms with van der Waals surface area (Å²) in [6.07, 6.45) is 1.54. The van der Waals surface area contributed by atoms with Crippen LogP contribution < -0.4 is 0 Å². The summed E-state index contributed by atoms with van der Waals surface area (Å²) in [4.78, 5) is 11.8. The van der Waals surface area contributed by atoms with Crippen molar-refractivity contribution in [2.24, 2.45) is 0 Å². The molecule has 3 heteroatoms. The van der Waals surface area contributed by atoms with Crippen LogP contribution in [0.15, 0.2) is 0 Å². The van der Waals surface area contributed by atoms with Crippen LogP contribution in [0.25, 0.3) is 0 Å². The number of ketones is 1. The molecule has 0 heterocycles. The van der Waals surface area contributed by atoms with E-state index in [2.05, 4.69) is 6.07 Å². The zero-order valence-corrected chi connectivity index (χ0v) is 10.2. The molecule has 14 heavy (non-hydrogen) atoms. The Bertz CT molecular complexity index is 206. The van der Waals surface area contributed by atoms with Crippen molar-refractivity contribution in [3.05, 3.63) is 0 Å². The molecule has 0 aromatic heterocycles. The van der Waals surface area contributed by atoms with Gasteiger partial charge < -0.3 is 4.79 Å². The van der Waals surface area contributed by atoms with Gasteiger partial charge in [-0.3, -0.25) is 4.90 Å². The maximum Gasteiger partial charge on any atom is 0.129 e. The van der Waals surface area contributed by atoms with Crippen LogP contribution in [0.2, 0.25) is 0 Å². The Labute approximate surface area is 87.7 Å². The molecule has 0 aromatic carbocycles. The van der Waals surface area contributed by atoms with E-state index in [0.717, 1.165) is 6.42 Å². The highest BCUT2D eigenvalue weighted by atomic mass is 16.1. The van der Waals surface area contributed by atoms with E-state index in [1.165, 1.54) is 0 Å². The molecule has 0 aromatic rings. The summed E-state index contributed by atoms with van der Waals surface area (Å²) in [6, 6.07) is 2.25. The van der Waals surface area contributed by atoms with Gasteiger partial charge in [0.2, 0.25) is 0 Å². The Morgan fingerprint density at radius 2 is 1.79 bits per heavy atom. The van der Waals surface area contributed by atoms with Gasteiger partial charge in [-0.1, -0.05) is 13.8 Å². The molecule has 0 aliphatic carbocycles. The second-order valence-corrected chi connectivity index (χ2v) is 3.69. The van der Waals surface area contributed by atoms with Crippen LogP contribution in [-0.4, -0.2) is 30.3 Å². The summed E-state index contributed by atoms with van der Waals surface area (Å²) in [5.41, 5.74) is -0.278. The smallest absolute Gasteiger partial charge is 0.129 e. The highest BCUT2D eigenvalue weighted by Crippen LogP contribution is 2.13. The van der Waals surface area contributed by atoms with E-state index in [1.54, 1.807) is 6.92 Å². The first kappa shape index (κ1) is 15.6. The third-order valence-electron chi connectivity index (χ3n) is 2.41. The summed E-state index contributed by atoms with van der Waals surface area (Å²) in [6.45, 7) is 7.39. The number of nitrogens with zero attached hydrogens (tertiary/aromatic N) is 2. The average molecular weight is 198 g/mol. The summed E-state index contributed by atoms with van der Waals surface area (Å²) in [7, 11) is 3.85. The molecule has 82 valence electrons. The fourth-order valence-electron chi connectivity index (χ4n) is 0.495. The predicted molar refractivity (Wildman–Crippen MR) is 59.0 cm³/mol.